The molecule has 0 aromatic heterocycles. The Labute approximate surface area is 170 Å². The van der Waals surface area contributed by atoms with Crippen molar-refractivity contribution in [1.82, 2.24) is 0 Å². The largest absolute Gasteiger partial charge is 0.486 e. The van der Waals surface area contributed by atoms with Gasteiger partial charge in [-0.2, -0.15) is 0 Å². The molecule has 2 aromatic rings. The normalized spacial score (nSPS) is 19.8. The average molecular weight is 399 g/mol. The lowest BCUT2D eigenvalue weighted by molar-refractivity contribution is -0.156. The highest BCUT2D eigenvalue weighted by Crippen LogP contribution is 2.48. The summed E-state index contributed by atoms with van der Waals surface area (Å²) in [5.41, 5.74) is 1.14. The zero-order valence-electron chi connectivity index (χ0n) is 16.4. The summed E-state index contributed by atoms with van der Waals surface area (Å²) >= 11 is 5.90. The molecule has 0 fully saturated rings. The third-order valence-corrected chi connectivity index (χ3v) is 5.26. The van der Waals surface area contributed by atoms with Crippen LogP contribution in [0.15, 0.2) is 65.9 Å². The molecule has 2 atom stereocenters. The highest BCUT2D eigenvalue weighted by molar-refractivity contribution is 6.30. The molecule has 0 bridgehead atoms. The van der Waals surface area contributed by atoms with Crippen LogP contribution in [-0.4, -0.2) is 17.9 Å². The summed E-state index contributed by atoms with van der Waals surface area (Å²) in [7, 11) is 0. The standard InChI is InChI=1S/C23H23ClO4/c1-14-20(27-15(2)19(25)16-10-12-18(24)13-11-16)23(3,4)21(28-22(14)26)17-8-6-5-7-9-17/h5-13,15,21H,1-4H3/t15-,21+/m1/s1. The molecule has 1 aliphatic rings. The Morgan fingerprint density at radius 3 is 2.32 bits per heavy atom. The van der Waals surface area contributed by atoms with E-state index in [0.29, 0.717) is 21.9 Å². The third kappa shape index (κ3) is 3.83. The highest BCUT2D eigenvalue weighted by atomic mass is 35.5. The van der Waals surface area contributed by atoms with Crippen molar-refractivity contribution in [3.8, 4) is 0 Å². The summed E-state index contributed by atoms with van der Waals surface area (Å²) in [5, 5.41) is 0.561. The molecule has 4 nitrogen and oxygen atoms in total. The van der Waals surface area contributed by atoms with Crippen molar-refractivity contribution in [1.29, 1.82) is 0 Å². The van der Waals surface area contributed by atoms with Gasteiger partial charge in [-0.05, 0) is 57.5 Å². The molecule has 146 valence electrons. The van der Waals surface area contributed by atoms with Crippen LogP contribution in [0.2, 0.25) is 5.02 Å². The quantitative estimate of drug-likeness (QED) is 0.491. The molecule has 0 aliphatic carbocycles. The molecule has 1 aliphatic heterocycles. The smallest absolute Gasteiger partial charge is 0.337 e. The van der Waals surface area contributed by atoms with Crippen molar-refractivity contribution in [2.75, 3.05) is 0 Å². The summed E-state index contributed by atoms with van der Waals surface area (Å²) in [6.45, 7) is 7.26. The topological polar surface area (TPSA) is 52.6 Å². The molecular formula is C23H23ClO4. The van der Waals surface area contributed by atoms with Gasteiger partial charge in [-0.3, -0.25) is 4.79 Å². The maximum Gasteiger partial charge on any atom is 0.337 e. The maximum absolute atomic E-state index is 12.8. The van der Waals surface area contributed by atoms with Gasteiger partial charge in [-0.15, -0.1) is 0 Å². The molecule has 0 N–H and O–H groups in total. The number of ketones is 1. The van der Waals surface area contributed by atoms with E-state index in [1.807, 2.05) is 44.2 Å². The van der Waals surface area contributed by atoms with E-state index in [1.54, 1.807) is 38.1 Å². The van der Waals surface area contributed by atoms with E-state index < -0.39 is 23.6 Å². The number of halogens is 1. The minimum absolute atomic E-state index is 0.178. The van der Waals surface area contributed by atoms with Gasteiger partial charge in [0.1, 0.15) is 11.9 Å². The number of rotatable bonds is 5. The predicted molar refractivity (Wildman–Crippen MR) is 108 cm³/mol. The molecular weight excluding hydrogens is 376 g/mol. The zero-order chi connectivity index (χ0) is 20.5. The van der Waals surface area contributed by atoms with Crippen LogP contribution in [0.3, 0.4) is 0 Å². The highest BCUT2D eigenvalue weighted by Gasteiger charge is 2.45. The first-order valence-corrected chi connectivity index (χ1v) is 9.53. The Morgan fingerprint density at radius 1 is 1.11 bits per heavy atom. The van der Waals surface area contributed by atoms with Gasteiger partial charge < -0.3 is 9.47 Å². The average Bonchev–Trinajstić information content (AvgIpc) is 2.68. The first-order valence-electron chi connectivity index (χ1n) is 9.15. The van der Waals surface area contributed by atoms with Gasteiger partial charge in [0.15, 0.2) is 6.10 Å². The number of cyclic esters (lactones) is 1. The lowest BCUT2D eigenvalue weighted by atomic mass is 9.77. The summed E-state index contributed by atoms with van der Waals surface area (Å²) < 4.78 is 11.8. The van der Waals surface area contributed by atoms with E-state index in [2.05, 4.69) is 0 Å². The first kappa shape index (κ1) is 20.2. The Hall–Kier alpha value is -2.59. The van der Waals surface area contributed by atoms with E-state index in [4.69, 9.17) is 21.1 Å². The number of ether oxygens (including phenoxy) is 2. The van der Waals surface area contributed by atoms with Crippen LogP contribution < -0.4 is 0 Å². The van der Waals surface area contributed by atoms with Crippen molar-refractivity contribution in [2.45, 2.75) is 39.9 Å². The maximum atomic E-state index is 12.8. The van der Waals surface area contributed by atoms with Crippen molar-refractivity contribution < 1.29 is 19.1 Å². The first-order chi connectivity index (χ1) is 13.2. The second-order valence-corrected chi connectivity index (χ2v) is 7.94. The Balaban J connectivity index is 1.90. The second kappa shape index (κ2) is 7.80. The molecule has 2 aromatic carbocycles. The van der Waals surface area contributed by atoms with Crippen molar-refractivity contribution in [3.05, 3.63) is 82.1 Å². The molecule has 28 heavy (non-hydrogen) atoms. The fourth-order valence-corrected chi connectivity index (χ4v) is 3.60. The number of Topliss-reactive ketones (excluding diaryl/α,β-unsaturated/α-hetero) is 1. The number of hydrogen-bond acceptors (Lipinski definition) is 4. The van der Waals surface area contributed by atoms with Crippen molar-refractivity contribution in [3.63, 3.8) is 0 Å². The number of esters is 1. The lowest BCUT2D eigenvalue weighted by Crippen LogP contribution is -2.38. The van der Waals surface area contributed by atoms with E-state index >= 15 is 0 Å². The Kier molecular flexibility index (Phi) is 5.61. The molecule has 3 rings (SSSR count). The van der Waals surface area contributed by atoms with Crippen LogP contribution in [0.4, 0.5) is 0 Å². The van der Waals surface area contributed by atoms with Crippen LogP contribution in [0.5, 0.6) is 0 Å². The number of benzene rings is 2. The fourth-order valence-electron chi connectivity index (χ4n) is 3.47. The summed E-state index contributed by atoms with van der Waals surface area (Å²) in [4.78, 5) is 25.2. The molecule has 5 heteroatoms. The van der Waals surface area contributed by atoms with Crippen LogP contribution in [0.1, 0.15) is 49.7 Å². The van der Waals surface area contributed by atoms with Gasteiger partial charge >= 0.3 is 5.97 Å². The monoisotopic (exact) mass is 398 g/mol. The van der Waals surface area contributed by atoms with Crippen LogP contribution in [-0.2, 0) is 14.3 Å². The SMILES string of the molecule is CC1=C(O[C@H](C)C(=O)c2ccc(Cl)cc2)C(C)(C)[C@H](c2ccccc2)OC1=O. The molecule has 0 unspecified atom stereocenters. The van der Waals surface area contributed by atoms with E-state index in [1.165, 1.54) is 0 Å². The van der Waals surface area contributed by atoms with E-state index in [9.17, 15) is 9.59 Å². The van der Waals surface area contributed by atoms with E-state index in [0.717, 1.165) is 5.56 Å². The van der Waals surface area contributed by atoms with Crippen molar-refractivity contribution >= 4 is 23.4 Å². The summed E-state index contributed by atoms with van der Waals surface area (Å²) in [6, 6.07) is 16.2. The number of carbonyl (C=O) groups excluding carboxylic acids is 2. The van der Waals surface area contributed by atoms with E-state index in [-0.39, 0.29) is 5.78 Å². The Morgan fingerprint density at radius 2 is 1.71 bits per heavy atom. The number of hydrogen-bond donors (Lipinski definition) is 0. The number of carbonyl (C=O) groups is 2. The minimum Gasteiger partial charge on any atom is -0.486 e. The van der Waals surface area contributed by atoms with Crippen LogP contribution >= 0.6 is 11.6 Å². The van der Waals surface area contributed by atoms with Gasteiger partial charge in [-0.25, -0.2) is 4.79 Å². The third-order valence-electron chi connectivity index (χ3n) is 5.01. The minimum atomic E-state index is -0.757. The lowest BCUT2D eigenvalue weighted by Gasteiger charge is -2.40. The van der Waals surface area contributed by atoms with Crippen LogP contribution in [0, 0.1) is 5.41 Å². The van der Waals surface area contributed by atoms with Gasteiger partial charge in [0.25, 0.3) is 0 Å². The van der Waals surface area contributed by atoms with Gasteiger partial charge in [0, 0.05) is 10.6 Å². The zero-order valence-corrected chi connectivity index (χ0v) is 17.1. The summed E-state index contributed by atoms with van der Waals surface area (Å²) in [5.74, 6) is -0.135. The van der Waals surface area contributed by atoms with Gasteiger partial charge in [-0.1, -0.05) is 41.9 Å². The second-order valence-electron chi connectivity index (χ2n) is 7.50. The predicted octanol–water partition coefficient (Wildman–Crippen LogP) is 5.53. The summed E-state index contributed by atoms with van der Waals surface area (Å²) in [6.07, 6.45) is -1.26. The fraction of sp³-hybridized carbons (Fsp3) is 0.304. The molecule has 0 spiro atoms. The molecule has 0 saturated heterocycles. The molecule has 0 amide bonds. The molecule has 1 heterocycles. The van der Waals surface area contributed by atoms with Crippen molar-refractivity contribution in [2.24, 2.45) is 5.41 Å². The van der Waals surface area contributed by atoms with Gasteiger partial charge in [0.05, 0.1) is 11.0 Å². The molecule has 0 radical (unpaired) electrons. The molecule has 0 saturated carbocycles. The van der Waals surface area contributed by atoms with Crippen LogP contribution in [0.25, 0.3) is 0 Å². The Bertz CT molecular complexity index is 913. The van der Waals surface area contributed by atoms with Gasteiger partial charge in [0.2, 0.25) is 5.78 Å².